The van der Waals surface area contributed by atoms with Gasteiger partial charge in [0.05, 0.1) is 23.4 Å². The molecule has 1 saturated carbocycles. The van der Waals surface area contributed by atoms with Crippen LogP contribution in [0, 0.1) is 5.92 Å². The summed E-state index contributed by atoms with van der Waals surface area (Å²) in [4.78, 5) is 15.5. The first-order chi connectivity index (χ1) is 16.7. The largest absolute Gasteiger partial charge is 0.393 e. The molecule has 34 heavy (non-hydrogen) atoms. The van der Waals surface area contributed by atoms with E-state index in [0.29, 0.717) is 11.5 Å². The fourth-order valence-electron chi connectivity index (χ4n) is 4.91. The molecule has 0 bridgehead atoms. The topological polar surface area (TPSA) is 81.2 Å². The van der Waals surface area contributed by atoms with Crippen molar-refractivity contribution in [3.05, 3.63) is 70.4 Å². The van der Waals surface area contributed by atoms with Gasteiger partial charge in [-0.25, -0.2) is 0 Å². The van der Waals surface area contributed by atoms with E-state index in [2.05, 4.69) is 61.5 Å². The first-order valence-electron chi connectivity index (χ1n) is 12.0. The number of piperidine rings is 1. The van der Waals surface area contributed by atoms with Crippen molar-refractivity contribution in [2.45, 2.75) is 37.8 Å². The van der Waals surface area contributed by atoms with Crippen LogP contribution in [0.3, 0.4) is 0 Å². The molecule has 6 rings (SSSR count). The highest BCUT2D eigenvalue weighted by Crippen LogP contribution is 2.41. The molecule has 1 unspecified atom stereocenters. The molecule has 6 nitrogen and oxygen atoms in total. The zero-order chi connectivity index (χ0) is 23.1. The third-order valence-electron chi connectivity index (χ3n) is 7.08. The van der Waals surface area contributed by atoms with E-state index >= 15 is 0 Å². The van der Waals surface area contributed by atoms with Crippen molar-refractivity contribution in [2.24, 2.45) is 5.92 Å². The van der Waals surface area contributed by atoms with E-state index in [1.165, 1.54) is 18.4 Å². The molecule has 1 aliphatic heterocycles. The number of rotatable bonds is 6. The Morgan fingerprint density at radius 2 is 1.88 bits per heavy atom. The highest BCUT2D eigenvalue weighted by molar-refractivity contribution is 7.08. The molecule has 1 amide bonds. The number of nitrogens with zero attached hydrogens (tertiary/aromatic N) is 2. The Morgan fingerprint density at radius 3 is 2.59 bits per heavy atom. The molecule has 0 radical (unpaired) electrons. The van der Waals surface area contributed by atoms with Crippen LogP contribution >= 0.6 is 11.3 Å². The normalized spacial score (nSPS) is 17.7. The number of hydrogen-bond donors (Lipinski definition) is 3. The second-order valence-corrected chi connectivity index (χ2v) is 10.2. The van der Waals surface area contributed by atoms with Gasteiger partial charge >= 0.3 is 0 Å². The van der Waals surface area contributed by atoms with Gasteiger partial charge in [0, 0.05) is 35.3 Å². The monoisotopic (exact) mass is 472 g/mol. The summed E-state index contributed by atoms with van der Waals surface area (Å²) < 4.78 is 0. The first kappa shape index (κ1) is 21.4. The number of aromatic nitrogens is 2. The highest BCUT2D eigenvalue weighted by Gasteiger charge is 2.33. The Balaban J connectivity index is 1.24. The minimum Gasteiger partial charge on any atom is -0.393 e. The average molecular weight is 473 g/mol. The van der Waals surface area contributed by atoms with Crippen LogP contribution in [0.25, 0.3) is 22.2 Å². The van der Waals surface area contributed by atoms with E-state index in [1.807, 2.05) is 18.2 Å². The lowest BCUT2D eigenvalue weighted by Crippen LogP contribution is -2.35. The van der Waals surface area contributed by atoms with E-state index in [0.717, 1.165) is 53.8 Å². The van der Waals surface area contributed by atoms with Crippen molar-refractivity contribution in [2.75, 3.05) is 18.0 Å². The van der Waals surface area contributed by atoms with Crippen LogP contribution in [-0.2, 0) is 0 Å². The van der Waals surface area contributed by atoms with E-state index in [1.54, 1.807) is 11.3 Å². The van der Waals surface area contributed by atoms with Crippen LogP contribution in [0.4, 0.5) is 5.69 Å². The number of nitrogens with one attached hydrogen (secondary N) is 2. The lowest BCUT2D eigenvalue weighted by molar-refractivity contribution is 0.0932. The summed E-state index contributed by atoms with van der Waals surface area (Å²) in [7, 11) is 0. The van der Waals surface area contributed by atoms with Crippen LogP contribution in [0.2, 0.25) is 0 Å². The van der Waals surface area contributed by atoms with Crippen molar-refractivity contribution >= 4 is 33.8 Å². The van der Waals surface area contributed by atoms with Gasteiger partial charge in [0.1, 0.15) is 0 Å². The van der Waals surface area contributed by atoms with Crippen LogP contribution < -0.4 is 10.2 Å². The highest BCUT2D eigenvalue weighted by atomic mass is 32.1. The van der Waals surface area contributed by atoms with Crippen LogP contribution in [0.1, 0.15) is 47.6 Å². The average Bonchev–Trinajstić information content (AvgIpc) is 3.38. The molecule has 1 atom stereocenters. The maximum atomic E-state index is 13.2. The predicted octanol–water partition coefficient (Wildman–Crippen LogP) is 5.13. The molecule has 2 aliphatic rings. The quantitative estimate of drug-likeness (QED) is 0.363. The third-order valence-corrected chi connectivity index (χ3v) is 7.78. The number of hydrogen-bond acceptors (Lipinski definition) is 5. The summed E-state index contributed by atoms with van der Waals surface area (Å²) in [6.45, 7) is 1.75. The van der Waals surface area contributed by atoms with Crippen LogP contribution in [-0.4, -0.2) is 40.4 Å². The Kier molecular flexibility index (Phi) is 5.59. The number of aromatic amines is 1. The number of aliphatic hydroxyl groups excluding tert-OH is 1. The summed E-state index contributed by atoms with van der Waals surface area (Å²) in [5.74, 6) is 0.494. The molecule has 2 aromatic heterocycles. The lowest BCUT2D eigenvalue weighted by Gasteiger charge is -2.31. The number of aliphatic hydroxyl groups is 1. The third kappa shape index (κ3) is 4.21. The summed E-state index contributed by atoms with van der Waals surface area (Å²) in [5, 5.41) is 25.9. The van der Waals surface area contributed by atoms with Crippen LogP contribution in [0.5, 0.6) is 0 Å². The number of thiophene rings is 1. The molecule has 4 aromatic rings. The summed E-state index contributed by atoms with van der Waals surface area (Å²) in [6.07, 6.45) is 3.77. The molecule has 2 aromatic carbocycles. The molecular weight excluding hydrogens is 444 g/mol. The number of H-pyrrole nitrogens is 1. The van der Waals surface area contributed by atoms with Gasteiger partial charge in [-0.2, -0.15) is 16.4 Å². The molecule has 1 saturated heterocycles. The predicted molar refractivity (Wildman–Crippen MR) is 136 cm³/mol. The molecule has 1 aliphatic carbocycles. The SMILES string of the molecule is O=C(NC(c1ccsc1)C1CC1)c1ccc2[nH]nc(-c3ccc(N4CCC(O)CC4)cc3)c2c1. The van der Waals surface area contributed by atoms with Gasteiger partial charge in [0.2, 0.25) is 0 Å². The van der Waals surface area contributed by atoms with E-state index in [4.69, 9.17) is 0 Å². The molecule has 7 heteroatoms. The van der Waals surface area contributed by atoms with Crippen molar-refractivity contribution in [3.63, 3.8) is 0 Å². The number of carbonyl (C=O) groups is 1. The smallest absolute Gasteiger partial charge is 0.251 e. The van der Waals surface area contributed by atoms with E-state index < -0.39 is 0 Å². The van der Waals surface area contributed by atoms with Crippen molar-refractivity contribution in [1.29, 1.82) is 0 Å². The van der Waals surface area contributed by atoms with Gasteiger partial charge in [0.25, 0.3) is 5.91 Å². The Bertz CT molecular complexity index is 1290. The van der Waals surface area contributed by atoms with Crippen LogP contribution in [0.15, 0.2) is 59.3 Å². The Morgan fingerprint density at radius 1 is 1.09 bits per heavy atom. The first-order valence-corrected chi connectivity index (χ1v) is 12.9. The summed E-state index contributed by atoms with van der Waals surface area (Å²) in [6, 6.07) is 16.3. The molecule has 3 heterocycles. The minimum absolute atomic E-state index is 0.0419. The molecule has 174 valence electrons. The number of carbonyl (C=O) groups excluding carboxylic acids is 1. The molecule has 3 N–H and O–H groups in total. The fourth-order valence-corrected chi connectivity index (χ4v) is 5.61. The second kappa shape index (κ2) is 8.89. The maximum Gasteiger partial charge on any atom is 0.251 e. The molecule has 0 spiro atoms. The minimum atomic E-state index is -0.179. The Labute approximate surface area is 202 Å². The zero-order valence-corrected chi connectivity index (χ0v) is 19.7. The Hall–Kier alpha value is -3.16. The standard InChI is InChI=1S/C27H28N4O2S/c32-22-9-12-31(13-10-22)21-6-3-18(4-7-21)26-23-15-19(5-8-24(23)29-30-26)27(33)28-25(17-1-2-17)20-11-14-34-16-20/h3-8,11,14-17,22,25,32H,1-2,9-10,12-13H2,(H,28,33)(H,29,30). The van der Waals surface area contributed by atoms with Gasteiger partial charge in [-0.15, -0.1) is 0 Å². The van der Waals surface area contributed by atoms with Gasteiger partial charge in [-0.3, -0.25) is 9.89 Å². The number of anilines is 1. The molecular formula is C27H28N4O2S. The lowest BCUT2D eigenvalue weighted by atomic mass is 10.0. The van der Waals surface area contributed by atoms with Crippen molar-refractivity contribution in [1.82, 2.24) is 15.5 Å². The van der Waals surface area contributed by atoms with E-state index in [9.17, 15) is 9.90 Å². The van der Waals surface area contributed by atoms with Gasteiger partial charge in [-0.05, 0) is 84.3 Å². The zero-order valence-electron chi connectivity index (χ0n) is 18.9. The molecule has 2 fully saturated rings. The van der Waals surface area contributed by atoms with Gasteiger partial charge < -0.3 is 15.3 Å². The van der Waals surface area contributed by atoms with Crippen molar-refractivity contribution < 1.29 is 9.90 Å². The van der Waals surface area contributed by atoms with Gasteiger partial charge in [0.15, 0.2) is 0 Å². The number of fused-ring (bicyclic) bond motifs is 1. The second-order valence-electron chi connectivity index (χ2n) is 9.44. The number of benzene rings is 2. The number of amides is 1. The maximum absolute atomic E-state index is 13.2. The summed E-state index contributed by atoms with van der Waals surface area (Å²) >= 11 is 1.67. The fraction of sp³-hybridized carbons (Fsp3) is 0.333. The summed E-state index contributed by atoms with van der Waals surface area (Å²) in [5.41, 5.74) is 5.79. The van der Waals surface area contributed by atoms with Crippen molar-refractivity contribution in [3.8, 4) is 11.3 Å². The van der Waals surface area contributed by atoms with E-state index in [-0.39, 0.29) is 18.1 Å². The van der Waals surface area contributed by atoms with Gasteiger partial charge in [-0.1, -0.05) is 12.1 Å².